The molecule has 6 heteroatoms. The number of hydrogen-bond donors (Lipinski definition) is 1. The molecule has 4 rings (SSSR count). The average Bonchev–Trinajstić information content (AvgIpc) is 2.93. The second-order valence-corrected chi connectivity index (χ2v) is 8.00. The van der Waals surface area contributed by atoms with Crippen molar-refractivity contribution in [2.45, 2.75) is 38.8 Å². The Labute approximate surface area is 168 Å². The second-order valence-electron chi connectivity index (χ2n) is 8.00. The Kier molecular flexibility index (Phi) is 5.13. The molecule has 1 N–H and O–H groups in total. The van der Waals surface area contributed by atoms with E-state index in [9.17, 15) is 18.7 Å². The van der Waals surface area contributed by atoms with Crippen molar-refractivity contribution >= 4 is 16.9 Å². The number of carboxylic acids is 1. The van der Waals surface area contributed by atoms with Crippen molar-refractivity contribution < 1.29 is 18.7 Å². The summed E-state index contributed by atoms with van der Waals surface area (Å²) in [6, 6.07) is 9.64. The molecule has 4 nitrogen and oxygen atoms in total. The van der Waals surface area contributed by atoms with Gasteiger partial charge in [0, 0.05) is 48.2 Å². The number of nitrogens with zero attached hydrogens (tertiary/aromatic N) is 2. The summed E-state index contributed by atoms with van der Waals surface area (Å²) in [6.45, 7) is 4.11. The van der Waals surface area contributed by atoms with Gasteiger partial charge >= 0.3 is 5.97 Å². The number of hydrogen-bond acceptors (Lipinski definition) is 2. The molecule has 0 saturated carbocycles. The van der Waals surface area contributed by atoms with Gasteiger partial charge in [-0.25, -0.2) is 8.78 Å². The van der Waals surface area contributed by atoms with E-state index in [1.807, 2.05) is 6.07 Å². The monoisotopic (exact) mass is 398 g/mol. The zero-order valence-corrected chi connectivity index (χ0v) is 16.6. The van der Waals surface area contributed by atoms with Crippen LogP contribution < -0.4 is 0 Å². The SMILES string of the molecule is Cc1ccc2c(c1)c1c(n2CC(CC(=O)O)c2ccc(F)cc2F)CN(C)CC1. The normalized spacial score (nSPS) is 15.4. The molecule has 0 fully saturated rings. The number of fused-ring (bicyclic) bond motifs is 3. The van der Waals surface area contributed by atoms with Gasteiger partial charge in [-0.1, -0.05) is 17.7 Å². The van der Waals surface area contributed by atoms with Crippen molar-refractivity contribution in [1.82, 2.24) is 9.47 Å². The Bertz CT molecular complexity index is 1090. The molecular weight excluding hydrogens is 374 g/mol. The topological polar surface area (TPSA) is 45.5 Å². The van der Waals surface area contributed by atoms with Crippen molar-refractivity contribution in [1.29, 1.82) is 0 Å². The molecule has 0 spiro atoms. The Morgan fingerprint density at radius 3 is 2.72 bits per heavy atom. The molecule has 0 aliphatic carbocycles. The molecule has 0 saturated heterocycles. The number of aliphatic carboxylic acids is 1. The van der Waals surface area contributed by atoms with Crippen LogP contribution in [0.1, 0.15) is 34.7 Å². The van der Waals surface area contributed by atoms with Crippen LogP contribution in [-0.2, 0) is 24.3 Å². The van der Waals surface area contributed by atoms with E-state index in [4.69, 9.17) is 0 Å². The maximum absolute atomic E-state index is 14.5. The number of rotatable bonds is 5. The summed E-state index contributed by atoms with van der Waals surface area (Å²) in [5.74, 6) is -2.96. The molecule has 3 aromatic rings. The molecule has 2 aromatic carbocycles. The van der Waals surface area contributed by atoms with E-state index in [0.29, 0.717) is 6.54 Å². The maximum atomic E-state index is 14.5. The van der Waals surface area contributed by atoms with Crippen LogP contribution in [0.3, 0.4) is 0 Å². The van der Waals surface area contributed by atoms with Crippen LogP contribution >= 0.6 is 0 Å². The molecular formula is C23H24F2N2O2. The number of carbonyl (C=O) groups is 1. The minimum absolute atomic E-state index is 0.224. The lowest BCUT2D eigenvalue weighted by atomic mass is 9.94. The van der Waals surface area contributed by atoms with Crippen LogP contribution in [0.5, 0.6) is 0 Å². The number of benzene rings is 2. The van der Waals surface area contributed by atoms with Crippen LogP contribution in [0, 0.1) is 18.6 Å². The molecule has 1 atom stereocenters. The van der Waals surface area contributed by atoms with Gasteiger partial charge in [0.25, 0.3) is 0 Å². The highest BCUT2D eigenvalue weighted by molar-refractivity contribution is 5.86. The highest BCUT2D eigenvalue weighted by Gasteiger charge is 2.26. The fourth-order valence-corrected chi connectivity index (χ4v) is 4.43. The van der Waals surface area contributed by atoms with Gasteiger partial charge < -0.3 is 14.6 Å². The van der Waals surface area contributed by atoms with Crippen LogP contribution in [0.2, 0.25) is 0 Å². The summed E-state index contributed by atoms with van der Waals surface area (Å²) >= 11 is 0. The summed E-state index contributed by atoms with van der Waals surface area (Å²) in [5, 5.41) is 10.6. The lowest BCUT2D eigenvalue weighted by Crippen LogP contribution is -2.28. The second kappa shape index (κ2) is 7.59. The third-order valence-electron chi connectivity index (χ3n) is 5.83. The minimum atomic E-state index is -1.00. The lowest BCUT2D eigenvalue weighted by Gasteiger charge is -2.26. The van der Waals surface area contributed by atoms with Crippen LogP contribution in [0.4, 0.5) is 8.78 Å². The first kappa shape index (κ1) is 19.6. The molecule has 0 bridgehead atoms. The van der Waals surface area contributed by atoms with E-state index >= 15 is 0 Å². The summed E-state index contributed by atoms with van der Waals surface area (Å²) in [6.07, 6.45) is 0.700. The van der Waals surface area contributed by atoms with Gasteiger partial charge in [0.05, 0.1) is 6.42 Å². The van der Waals surface area contributed by atoms with Crippen molar-refractivity contribution in [2.75, 3.05) is 13.6 Å². The number of aryl methyl sites for hydroxylation is 1. The van der Waals surface area contributed by atoms with Crippen molar-refractivity contribution in [3.05, 3.63) is 70.4 Å². The molecule has 1 aliphatic rings. The largest absolute Gasteiger partial charge is 0.481 e. The van der Waals surface area contributed by atoms with Gasteiger partial charge in [-0.15, -0.1) is 0 Å². The van der Waals surface area contributed by atoms with Crippen LogP contribution in [0.15, 0.2) is 36.4 Å². The third-order valence-corrected chi connectivity index (χ3v) is 5.83. The highest BCUT2D eigenvalue weighted by Crippen LogP contribution is 2.34. The summed E-state index contributed by atoms with van der Waals surface area (Å²) in [4.78, 5) is 13.8. The third kappa shape index (κ3) is 3.77. The maximum Gasteiger partial charge on any atom is 0.304 e. The Hall–Kier alpha value is -2.73. The van der Waals surface area contributed by atoms with Gasteiger partial charge in [-0.2, -0.15) is 0 Å². The summed E-state index contributed by atoms with van der Waals surface area (Å²) < 4.78 is 30.0. The molecule has 0 radical (unpaired) electrons. The van der Waals surface area contributed by atoms with Gasteiger partial charge in [-0.3, -0.25) is 4.79 Å². The van der Waals surface area contributed by atoms with Crippen molar-refractivity contribution in [3.8, 4) is 0 Å². The van der Waals surface area contributed by atoms with Crippen LogP contribution in [-0.4, -0.2) is 34.1 Å². The predicted molar refractivity (Wildman–Crippen MR) is 108 cm³/mol. The van der Waals surface area contributed by atoms with Gasteiger partial charge in [0.2, 0.25) is 0 Å². The highest BCUT2D eigenvalue weighted by atomic mass is 19.1. The molecule has 29 heavy (non-hydrogen) atoms. The van der Waals surface area contributed by atoms with Crippen molar-refractivity contribution in [2.24, 2.45) is 0 Å². The van der Waals surface area contributed by atoms with Gasteiger partial charge in [0.1, 0.15) is 11.6 Å². The van der Waals surface area contributed by atoms with E-state index < -0.39 is 23.5 Å². The molecule has 1 aliphatic heterocycles. The number of halogens is 2. The first-order chi connectivity index (χ1) is 13.8. The zero-order valence-electron chi connectivity index (χ0n) is 16.6. The fourth-order valence-electron chi connectivity index (χ4n) is 4.43. The van der Waals surface area contributed by atoms with Gasteiger partial charge in [0.15, 0.2) is 0 Å². The quantitative estimate of drug-likeness (QED) is 0.690. The molecule has 0 amide bonds. The number of aromatic nitrogens is 1. The van der Waals surface area contributed by atoms with E-state index in [1.165, 1.54) is 28.6 Å². The first-order valence-electron chi connectivity index (χ1n) is 9.79. The molecule has 2 heterocycles. The average molecular weight is 398 g/mol. The zero-order chi connectivity index (χ0) is 20.7. The van der Waals surface area contributed by atoms with Crippen LogP contribution in [0.25, 0.3) is 10.9 Å². The Morgan fingerprint density at radius 1 is 1.21 bits per heavy atom. The number of likely N-dealkylation sites (N-methyl/N-ethyl adjacent to an activating group) is 1. The van der Waals surface area contributed by atoms with E-state index in [0.717, 1.165) is 36.8 Å². The Balaban J connectivity index is 1.84. The van der Waals surface area contributed by atoms with E-state index in [-0.39, 0.29) is 12.0 Å². The van der Waals surface area contributed by atoms with E-state index in [2.05, 4.69) is 35.6 Å². The molecule has 152 valence electrons. The minimum Gasteiger partial charge on any atom is -0.481 e. The number of carboxylic acid groups (broad SMARTS) is 1. The molecule has 1 unspecified atom stereocenters. The first-order valence-corrected chi connectivity index (χ1v) is 9.79. The summed E-state index contributed by atoms with van der Waals surface area (Å²) in [7, 11) is 2.06. The van der Waals surface area contributed by atoms with E-state index in [1.54, 1.807) is 0 Å². The van der Waals surface area contributed by atoms with Crippen molar-refractivity contribution in [3.63, 3.8) is 0 Å². The Morgan fingerprint density at radius 2 is 2.00 bits per heavy atom. The predicted octanol–water partition coefficient (Wildman–Crippen LogP) is 4.47. The fraction of sp³-hybridized carbons (Fsp3) is 0.348. The van der Waals surface area contributed by atoms with Gasteiger partial charge in [-0.05, 0) is 49.7 Å². The lowest BCUT2D eigenvalue weighted by molar-refractivity contribution is -0.137. The smallest absolute Gasteiger partial charge is 0.304 e. The standard InChI is InChI=1S/C23H24F2N2O2/c1-14-3-6-21-19(9-14)18-7-8-26(2)13-22(18)27(21)12-15(10-23(28)29)17-5-4-16(24)11-20(17)25/h3-6,9,11,15H,7-8,10,12-13H2,1-2H3,(H,28,29). The summed E-state index contributed by atoms with van der Waals surface area (Å²) in [5.41, 5.74) is 4.88. The molecule has 1 aromatic heterocycles.